The molecule has 1 unspecified atom stereocenters. The molecule has 1 N–H and O–H groups in total. The molecular weight excluding hydrogens is 198 g/mol. The Morgan fingerprint density at radius 2 is 1.88 bits per heavy atom. The van der Waals surface area contributed by atoms with Crippen LogP contribution in [0.25, 0.3) is 0 Å². The molecule has 0 aliphatic heterocycles. The molecule has 1 aromatic rings. The van der Waals surface area contributed by atoms with Crippen LogP contribution in [0.1, 0.15) is 32.3 Å². The van der Waals surface area contributed by atoms with E-state index in [1.54, 1.807) is 0 Å². The number of hydrogen-bond acceptors (Lipinski definition) is 2. The van der Waals surface area contributed by atoms with Crippen molar-refractivity contribution in [2.75, 3.05) is 13.7 Å². The van der Waals surface area contributed by atoms with Crippen LogP contribution < -0.4 is 10.1 Å². The summed E-state index contributed by atoms with van der Waals surface area (Å²) in [4.78, 5) is 0. The Morgan fingerprint density at radius 3 is 2.38 bits per heavy atom. The summed E-state index contributed by atoms with van der Waals surface area (Å²) in [5.41, 5.74) is 1.39. The average Bonchev–Trinajstić information content (AvgIpc) is 2.33. The van der Waals surface area contributed by atoms with Gasteiger partial charge in [0.1, 0.15) is 5.75 Å². The zero-order valence-electron chi connectivity index (χ0n) is 10.6. The highest BCUT2D eigenvalue weighted by Crippen LogP contribution is 2.14. The fourth-order valence-electron chi connectivity index (χ4n) is 1.81. The molecule has 2 heteroatoms. The first-order chi connectivity index (χ1) is 7.80. The second kappa shape index (κ2) is 7.29. The number of ether oxygens (including phenoxy) is 1. The van der Waals surface area contributed by atoms with Crippen molar-refractivity contribution in [3.05, 3.63) is 29.8 Å². The molecule has 0 aromatic heterocycles. The second-order valence-electron chi connectivity index (χ2n) is 4.01. The topological polar surface area (TPSA) is 21.3 Å². The van der Waals surface area contributed by atoms with E-state index in [0.717, 1.165) is 18.8 Å². The summed E-state index contributed by atoms with van der Waals surface area (Å²) < 4.78 is 5.42. The molecule has 0 heterocycles. The zero-order chi connectivity index (χ0) is 11.8. The van der Waals surface area contributed by atoms with Crippen LogP contribution in [-0.2, 0) is 6.42 Å². The van der Waals surface area contributed by atoms with Crippen molar-refractivity contribution in [2.45, 2.75) is 39.2 Å². The first-order valence-corrected chi connectivity index (χ1v) is 6.19. The lowest BCUT2D eigenvalue weighted by Gasteiger charge is -2.13. The lowest BCUT2D eigenvalue weighted by Crippen LogP contribution is -2.24. The fourth-order valence-corrected chi connectivity index (χ4v) is 1.81. The molecule has 90 valence electrons. The molecule has 0 aliphatic carbocycles. The molecule has 1 aromatic carbocycles. The predicted octanol–water partition coefficient (Wildman–Crippen LogP) is 3.02. The van der Waals surface area contributed by atoms with E-state index in [9.17, 15) is 0 Å². The van der Waals surface area contributed by atoms with Crippen molar-refractivity contribution >= 4 is 0 Å². The summed E-state index contributed by atoms with van der Waals surface area (Å²) in [7, 11) is 2.03. The zero-order valence-corrected chi connectivity index (χ0v) is 10.6. The summed E-state index contributed by atoms with van der Waals surface area (Å²) in [6.45, 7) is 4.96. The summed E-state index contributed by atoms with van der Waals surface area (Å²) in [6, 6.07) is 9.06. The van der Waals surface area contributed by atoms with Gasteiger partial charge in [0, 0.05) is 6.04 Å². The van der Waals surface area contributed by atoms with Gasteiger partial charge in [-0.3, -0.25) is 0 Å². The van der Waals surface area contributed by atoms with Gasteiger partial charge < -0.3 is 10.1 Å². The Hall–Kier alpha value is -1.02. The van der Waals surface area contributed by atoms with Crippen molar-refractivity contribution in [3.8, 4) is 5.75 Å². The summed E-state index contributed by atoms with van der Waals surface area (Å²) in [5, 5.41) is 3.33. The van der Waals surface area contributed by atoms with E-state index in [1.165, 1.54) is 18.4 Å². The van der Waals surface area contributed by atoms with E-state index in [1.807, 2.05) is 14.0 Å². The average molecular weight is 221 g/mol. The largest absolute Gasteiger partial charge is 0.494 e. The van der Waals surface area contributed by atoms with Crippen LogP contribution in [0.5, 0.6) is 5.75 Å². The summed E-state index contributed by atoms with van der Waals surface area (Å²) >= 11 is 0. The second-order valence-corrected chi connectivity index (χ2v) is 4.01. The van der Waals surface area contributed by atoms with Crippen LogP contribution in [0.15, 0.2) is 24.3 Å². The molecule has 1 rings (SSSR count). The van der Waals surface area contributed by atoms with Gasteiger partial charge in [-0.1, -0.05) is 19.1 Å². The first-order valence-electron chi connectivity index (χ1n) is 6.19. The SMILES string of the molecule is CCOc1ccc(CCC(CC)NC)cc1. The Labute approximate surface area is 99.0 Å². The molecule has 0 saturated carbocycles. The summed E-state index contributed by atoms with van der Waals surface area (Å²) in [6.07, 6.45) is 3.51. The quantitative estimate of drug-likeness (QED) is 0.764. The minimum Gasteiger partial charge on any atom is -0.494 e. The highest BCUT2D eigenvalue weighted by atomic mass is 16.5. The number of aryl methyl sites for hydroxylation is 1. The van der Waals surface area contributed by atoms with Gasteiger partial charge in [-0.25, -0.2) is 0 Å². The van der Waals surface area contributed by atoms with Crippen molar-refractivity contribution in [2.24, 2.45) is 0 Å². The Bertz CT molecular complexity index is 277. The van der Waals surface area contributed by atoms with Crippen LogP contribution in [0, 0.1) is 0 Å². The smallest absolute Gasteiger partial charge is 0.119 e. The van der Waals surface area contributed by atoms with Crippen molar-refractivity contribution in [1.82, 2.24) is 5.32 Å². The van der Waals surface area contributed by atoms with Gasteiger partial charge >= 0.3 is 0 Å². The first kappa shape index (κ1) is 13.0. The van der Waals surface area contributed by atoms with E-state index in [0.29, 0.717) is 6.04 Å². The van der Waals surface area contributed by atoms with Crippen molar-refractivity contribution in [1.29, 1.82) is 0 Å². The molecule has 0 saturated heterocycles. The minimum absolute atomic E-state index is 0.631. The van der Waals surface area contributed by atoms with Crippen LogP contribution in [0.4, 0.5) is 0 Å². The standard InChI is InChI=1S/C14H23NO/c1-4-13(15-3)9-6-12-7-10-14(11-8-12)16-5-2/h7-8,10-11,13,15H,4-6,9H2,1-3H3. The maximum absolute atomic E-state index is 5.42. The van der Waals surface area contributed by atoms with E-state index in [-0.39, 0.29) is 0 Å². The molecule has 16 heavy (non-hydrogen) atoms. The van der Waals surface area contributed by atoms with Crippen LogP contribution in [0.2, 0.25) is 0 Å². The van der Waals surface area contributed by atoms with Gasteiger partial charge in [0.25, 0.3) is 0 Å². The molecule has 1 atom stereocenters. The molecule has 2 nitrogen and oxygen atoms in total. The fraction of sp³-hybridized carbons (Fsp3) is 0.571. The van der Waals surface area contributed by atoms with E-state index in [2.05, 4.69) is 36.5 Å². The number of hydrogen-bond donors (Lipinski definition) is 1. The molecule has 0 spiro atoms. The maximum Gasteiger partial charge on any atom is 0.119 e. The monoisotopic (exact) mass is 221 g/mol. The number of benzene rings is 1. The van der Waals surface area contributed by atoms with Crippen LogP contribution in [-0.4, -0.2) is 19.7 Å². The van der Waals surface area contributed by atoms with E-state index >= 15 is 0 Å². The minimum atomic E-state index is 0.631. The normalized spacial score (nSPS) is 12.4. The van der Waals surface area contributed by atoms with Gasteiger partial charge in [0.05, 0.1) is 6.61 Å². The maximum atomic E-state index is 5.42. The molecule has 0 fully saturated rings. The van der Waals surface area contributed by atoms with Crippen LogP contribution in [0.3, 0.4) is 0 Å². The third kappa shape index (κ3) is 4.23. The Kier molecular flexibility index (Phi) is 5.94. The van der Waals surface area contributed by atoms with Gasteiger partial charge in [0.2, 0.25) is 0 Å². The molecule has 0 amide bonds. The third-order valence-electron chi connectivity index (χ3n) is 2.92. The van der Waals surface area contributed by atoms with Gasteiger partial charge in [-0.2, -0.15) is 0 Å². The van der Waals surface area contributed by atoms with Gasteiger partial charge in [0.15, 0.2) is 0 Å². The molecule has 0 aliphatic rings. The molecule has 0 radical (unpaired) electrons. The molecular formula is C14H23NO. The lowest BCUT2D eigenvalue weighted by atomic mass is 10.0. The van der Waals surface area contributed by atoms with E-state index < -0.39 is 0 Å². The van der Waals surface area contributed by atoms with Crippen LogP contribution >= 0.6 is 0 Å². The highest BCUT2D eigenvalue weighted by Gasteiger charge is 2.03. The predicted molar refractivity (Wildman–Crippen MR) is 69.1 cm³/mol. The third-order valence-corrected chi connectivity index (χ3v) is 2.92. The number of rotatable bonds is 7. The van der Waals surface area contributed by atoms with Gasteiger partial charge in [-0.15, -0.1) is 0 Å². The van der Waals surface area contributed by atoms with Gasteiger partial charge in [-0.05, 0) is 50.9 Å². The number of nitrogens with one attached hydrogen (secondary N) is 1. The Balaban J connectivity index is 2.42. The van der Waals surface area contributed by atoms with Crippen molar-refractivity contribution < 1.29 is 4.74 Å². The van der Waals surface area contributed by atoms with E-state index in [4.69, 9.17) is 4.74 Å². The summed E-state index contributed by atoms with van der Waals surface area (Å²) in [5.74, 6) is 0.965. The molecule has 0 bridgehead atoms. The highest BCUT2D eigenvalue weighted by molar-refractivity contribution is 5.27. The Morgan fingerprint density at radius 1 is 1.19 bits per heavy atom. The van der Waals surface area contributed by atoms with Crippen molar-refractivity contribution in [3.63, 3.8) is 0 Å². The lowest BCUT2D eigenvalue weighted by molar-refractivity contribution is 0.340.